The van der Waals surface area contributed by atoms with Crippen molar-refractivity contribution in [1.29, 1.82) is 0 Å². The molecule has 5 aliphatic rings. The molecule has 0 aromatic rings. The highest BCUT2D eigenvalue weighted by molar-refractivity contribution is 5.89. The first-order chi connectivity index (χ1) is 11.5. The summed E-state index contributed by atoms with van der Waals surface area (Å²) in [5, 5.41) is 15.7. The Hall–Kier alpha value is -1.10. The number of nitrogens with one attached hydrogen (secondary N) is 2. The van der Waals surface area contributed by atoms with Gasteiger partial charge in [-0.15, -0.1) is 0 Å². The molecule has 4 bridgehead atoms. The zero-order chi connectivity index (χ0) is 16.8. The Labute approximate surface area is 144 Å². The molecule has 5 nitrogen and oxygen atoms in total. The number of carbonyl (C=O) groups excluding carboxylic acids is 2. The molecule has 5 rings (SSSR count). The lowest BCUT2D eigenvalue weighted by atomic mass is 9.52. The van der Waals surface area contributed by atoms with E-state index >= 15 is 0 Å². The SMILES string of the molecule is CC(O)C(NC(=O)C1CC1)C(=O)NCC1C2CC3CC(C2)CC1C3. The van der Waals surface area contributed by atoms with E-state index in [1.165, 1.54) is 32.1 Å². The van der Waals surface area contributed by atoms with Crippen molar-refractivity contribution >= 4 is 11.8 Å². The predicted molar refractivity (Wildman–Crippen MR) is 89.9 cm³/mol. The van der Waals surface area contributed by atoms with E-state index in [1.54, 1.807) is 6.92 Å². The lowest BCUT2D eigenvalue weighted by Crippen LogP contribution is -2.55. The summed E-state index contributed by atoms with van der Waals surface area (Å²) >= 11 is 0. The van der Waals surface area contributed by atoms with Gasteiger partial charge in [-0.1, -0.05) is 0 Å². The highest BCUT2D eigenvalue weighted by atomic mass is 16.3. The molecule has 5 aliphatic carbocycles. The topological polar surface area (TPSA) is 78.4 Å². The Kier molecular flexibility index (Phi) is 4.31. The van der Waals surface area contributed by atoms with Crippen LogP contribution in [-0.4, -0.2) is 35.6 Å². The molecular weight excluding hydrogens is 304 g/mol. The van der Waals surface area contributed by atoms with Crippen molar-refractivity contribution in [1.82, 2.24) is 10.6 Å². The van der Waals surface area contributed by atoms with Crippen LogP contribution in [-0.2, 0) is 9.59 Å². The van der Waals surface area contributed by atoms with Crippen LogP contribution in [0.3, 0.4) is 0 Å². The van der Waals surface area contributed by atoms with Crippen LogP contribution in [0.2, 0.25) is 0 Å². The van der Waals surface area contributed by atoms with Crippen molar-refractivity contribution in [2.45, 2.75) is 64.0 Å². The van der Waals surface area contributed by atoms with Crippen molar-refractivity contribution in [3.05, 3.63) is 0 Å². The van der Waals surface area contributed by atoms with Crippen LogP contribution in [0.25, 0.3) is 0 Å². The summed E-state index contributed by atoms with van der Waals surface area (Å²) in [7, 11) is 0. The lowest BCUT2D eigenvalue weighted by Gasteiger charge is -2.54. The third-order valence-electron chi connectivity index (χ3n) is 6.94. The maximum Gasteiger partial charge on any atom is 0.245 e. The van der Waals surface area contributed by atoms with Crippen LogP contribution in [0, 0.1) is 35.5 Å². The molecule has 24 heavy (non-hydrogen) atoms. The first-order valence-corrected chi connectivity index (χ1v) is 9.77. The van der Waals surface area contributed by atoms with Crippen molar-refractivity contribution in [3.8, 4) is 0 Å². The zero-order valence-corrected chi connectivity index (χ0v) is 14.5. The molecule has 2 unspecified atom stereocenters. The Morgan fingerprint density at radius 1 is 1.04 bits per heavy atom. The van der Waals surface area contributed by atoms with Gasteiger partial charge in [0.1, 0.15) is 6.04 Å². The molecule has 2 amide bonds. The highest BCUT2D eigenvalue weighted by Gasteiger charge is 2.48. The summed E-state index contributed by atoms with van der Waals surface area (Å²) in [5.41, 5.74) is 0. The number of carbonyl (C=O) groups is 2. The van der Waals surface area contributed by atoms with E-state index in [4.69, 9.17) is 0 Å². The van der Waals surface area contributed by atoms with Gasteiger partial charge < -0.3 is 15.7 Å². The molecule has 0 aromatic heterocycles. The minimum absolute atomic E-state index is 0.0449. The number of hydrogen-bond donors (Lipinski definition) is 3. The van der Waals surface area contributed by atoms with Gasteiger partial charge in [0, 0.05) is 12.5 Å². The number of aliphatic hydroxyl groups is 1. The summed E-state index contributed by atoms with van der Waals surface area (Å²) in [6, 6.07) is -0.824. The third-order valence-corrected chi connectivity index (χ3v) is 6.94. The first kappa shape index (κ1) is 16.4. The Morgan fingerprint density at radius 2 is 1.62 bits per heavy atom. The van der Waals surface area contributed by atoms with Gasteiger partial charge in [0.05, 0.1) is 6.10 Å². The summed E-state index contributed by atoms with van der Waals surface area (Å²) in [5.74, 6) is 3.72. The number of rotatable bonds is 6. The summed E-state index contributed by atoms with van der Waals surface area (Å²) in [4.78, 5) is 24.4. The van der Waals surface area contributed by atoms with E-state index in [9.17, 15) is 14.7 Å². The molecular formula is C19H30N2O3. The lowest BCUT2D eigenvalue weighted by molar-refractivity contribution is -0.132. The van der Waals surface area contributed by atoms with Crippen LogP contribution >= 0.6 is 0 Å². The second-order valence-electron chi connectivity index (χ2n) is 8.84. The molecule has 0 spiro atoms. The number of aliphatic hydroxyl groups excluding tert-OH is 1. The fourth-order valence-electron chi connectivity index (χ4n) is 5.72. The Bertz CT molecular complexity index is 487. The second kappa shape index (κ2) is 6.32. The predicted octanol–water partition coefficient (Wildman–Crippen LogP) is 1.45. The minimum Gasteiger partial charge on any atom is -0.391 e. The van der Waals surface area contributed by atoms with E-state index in [0.29, 0.717) is 12.5 Å². The molecule has 3 N–H and O–H groups in total. The van der Waals surface area contributed by atoms with Gasteiger partial charge in [-0.2, -0.15) is 0 Å². The third kappa shape index (κ3) is 3.19. The van der Waals surface area contributed by atoms with Gasteiger partial charge in [0.25, 0.3) is 0 Å². The van der Waals surface area contributed by atoms with Crippen LogP contribution in [0.15, 0.2) is 0 Å². The van der Waals surface area contributed by atoms with Crippen LogP contribution in [0.4, 0.5) is 0 Å². The first-order valence-electron chi connectivity index (χ1n) is 9.77. The minimum atomic E-state index is -0.869. The summed E-state index contributed by atoms with van der Waals surface area (Å²) in [6.07, 6.45) is 7.71. The number of hydrogen-bond acceptors (Lipinski definition) is 3. The smallest absolute Gasteiger partial charge is 0.245 e. The van der Waals surface area contributed by atoms with E-state index < -0.39 is 12.1 Å². The van der Waals surface area contributed by atoms with Gasteiger partial charge in [-0.25, -0.2) is 0 Å². The Morgan fingerprint density at radius 3 is 2.12 bits per heavy atom. The van der Waals surface area contributed by atoms with E-state index in [-0.39, 0.29) is 17.7 Å². The Balaban J connectivity index is 1.32. The fourth-order valence-corrected chi connectivity index (χ4v) is 5.72. The van der Waals surface area contributed by atoms with E-state index in [2.05, 4.69) is 10.6 Å². The molecule has 5 fully saturated rings. The average molecular weight is 334 g/mol. The average Bonchev–Trinajstić information content (AvgIpc) is 3.35. The monoisotopic (exact) mass is 334 g/mol. The highest BCUT2D eigenvalue weighted by Crippen LogP contribution is 2.56. The van der Waals surface area contributed by atoms with Crippen molar-refractivity contribution in [3.63, 3.8) is 0 Å². The summed E-state index contributed by atoms with van der Waals surface area (Å²) in [6.45, 7) is 2.27. The number of amides is 2. The zero-order valence-electron chi connectivity index (χ0n) is 14.5. The van der Waals surface area contributed by atoms with Crippen LogP contribution in [0.1, 0.15) is 51.9 Å². The molecule has 0 heterocycles. The van der Waals surface area contributed by atoms with Crippen molar-refractivity contribution in [2.75, 3.05) is 6.54 Å². The standard InChI is InChI=1S/C19H30N2O3/c1-10(22)17(21-18(23)13-2-3-13)19(24)20-9-16-14-5-11-4-12(7-14)8-15(16)6-11/h10-17,22H,2-9H2,1H3,(H,20,24)(H,21,23). The quantitative estimate of drug-likeness (QED) is 0.688. The fraction of sp³-hybridized carbons (Fsp3) is 0.895. The molecule has 0 aliphatic heterocycles. The largest absolute Gasteiger partial charge is 0.391 e. The molecule has 134 valence electrons. The molecule has 0 radical (unpaired) electrons. The summed E-state index contributed by atoms with van der Waals surface area (Å²) < 4.78 is 0. The van der Waals surface area contributed by atoms with Gasteiger partial charge in [-0.3, -0.25) is 9.59 Å². The maximum absolute atomic E-state index is 12.5. The van der Waals surface area contributed by atoms with E-state index in [1.807, 2.05) is 0 Å². The molecule has 0 saturated heterocycles. The van der Waals surface area contributed by atoms with Gasteiger partial charge in [0.15, 0.2) is 0 Å². The van der Waals surface area contributed by atoms with Gasteiger partial charge in [-0.05, 0) is 81.5 Å². The van der Waals surface area contributed by atoms with Crippen molar-refractivity contribution in [2.24, 2.45) is 35.5 Å². The van der Waals surface area contributed by atoms with Crippen LogP contribution < -0.4 is 10.6 Å². The molecule has 2 atom stereocenters. The molecule has 5 heteroatoms. The van der Waals surface area contributed by atoms with E-state index in [0.717, 1.165) is 36.5 Å². The molecule has 5 saturated carbocycles. The second-order valence-corrected chi connectivity index (χ2v) is 8.84. The normalized spacial score (nSPS) is 39.3. The van der Waals surface area contributed by atoms with Gasteiger partial charge in [0.2, 0.25) is 11.8 Å². The molecule has 0 aromatic carbocycles. The maximum atomic E-state index is 12.5. The van der Waals surface area contributed by atoms with Crippen LogP contribution in [0.5, 0.6) is 0 Å². The van der Waals surface area contributed by atoms with Crippen molar-refractivity contribution < 1.29 is 14.7 Å². The van der Waals surface area contributed by atoms with Gasteiger partial charge >= 0.3 is 0 Å².